The predicted molar refractivity (Wildman–Crippen MR) is 93.2 cm³/mol. The third-order valence-corrected chi connectivity index (χ3v) is 5.16. The molecule has 6 heteroatoms. The number of carbonyl (C=O) groups excluding carboxylic acids is 3. The Morgan fingerprint density at radius 1 is 1.28 bits per heavy atom. The highest BCUT2D eigenvalue weighted by Crippen LogP contribution is 2.35. The zero-order valence-corrected chi connectivity index (χ0v) is 15.8. The van der Waals surface area contributed by atoms with E-state index in [0.29, 0.717) is 38.5 Å². The lowest BCUT2D eigenvalue weighted by atomic mass is 9.75. The number of Topliss-reactive ketones (excluding diaryl/α,β-unsaturated/α-hetero) is 1. The lowest BCUT2D eigenvalue weighted by molar-refractivity contribution is -0.132. The van der Waals surface area contributed by atoms with Crippen LogP contribution in [0, 0.1) is 17.8 Å². The largest absolute Gasteiger partial charge is 0.444 e. The summed E-state index contributed by atoms with van der Waals surface area (Å²) in [6.07, 6.45) is 3.36. The molecule has 2 aliphatic heterocycles. The first-order valence-electron chi connectivity index (χ1n) is 9.25. The van der Waals surface area contributed by atoms with Crippen LogP contribution in [0.15, 0.2) is 0 Å². The van der Waals surface area contributed by atoms with Gasteiger partial charge in [-0.2, -0.15) is 0 Å². The maximum atomic E-state index is 12.4. The number of carbonyl (C=O) groups is 3. The predicted octanol–water partition coefficient (Wildman–Crippen LogP) is 2.83. The van der Waals surface area contributed by atoms with E-state index in [9.17, 15) is 14.4 Å². The van der Waals surface area contributed by atoms with Crippen LogP contribution >= 0.6 is 0 Å². The molecule has 0 N–H and O–H groups in total. The molecule has 142 valence electrons. The number of amides is 1. The first-order chi connectivity index (χ1) is 11.7. The van der Waals surface area contributed by atoms with Crippen molar-refractivity contribution in [2.45, 2.75) is 65.1 Å². The Balaban J connectivity index is 2.09. The van der Waals surface area contributed by atoms with E-state index < -0.39 is 5.60 Å². The van der Waals surface area contributed by atoms with E-state index in [-0.39, 0.29) is 29.8 Å². The molecule has 0 spiro atoms. The van der Waals surface area contributed by atoms with Gasteiger partial charge in [-0.1, -0.05) is 0 Å². The molecule has 1 amide bonds. The Morgan fingerprint density at radius 3 is 2.60 bits per heavy atom. The molecule has 0 aromatic carbocycles. The van der Waals surface area contributed by atoms with Gasteiger partial charge < -0.3 is 19.2 Å². The second-order valence-electron chi connectivity index (χ2n) is 8.30. The van der Waals surface area contributed by atoms with Gasteiger partial charge >= 0.3 is 6.09 Å². The van der Waals surface area contributed by atoms with Gasteiger partial charge in [-0.3, -0.25) is 4.79 Å². The minimum atomic E-state index is -0.541. The van der Waals surface area contributed by atoms with Crippen molar-refractivity contribution in [3.05, 3.63) is 0 Å². The topological polar surface area (TPSA) is 72.9 Å². The lowest BCUT2D eigenvalue weighted by Gasteiger charge is -2.43. The van der Waals surface area contributed by atoms with E-state index in [1.807, 2.05) is 20.8 Å². The molecule has 2 saturated heterocycles. The molecule has 0 aromatic rings. The summed E-state index contributed by atoms with van der Waals surface area (Å²) in [7, 11) is 0. The van der Waals surface area contributed by atoms with Crippen LogP contribution in [0.2, 0.25) is 0 Å². The van der Waals surface area contributed by atoms with Gasteiger partial charge in [0.2, 0.25) is 0 Å². The molecule has 2 aliphatic rings. The number of aldehydes is 1. The Hall–Kier alpha value is -1.43. The zero-order valence-electron chi connectivity index (χ0n) is 15.8. The molecule has 2 fully saturated rings. The minimum Gasteiger partial charge on any atom is -0.444 e. The average Bonchev–Trinajstić information content (AvgIpc) is 2.53. The SMILES string of the molecule is CC(=O)C1CCN(C(=O)OC(C)(C)C)CC1C1CC(CC=O)CCO1. The zero-order chi connectivity index (χ0) is 18.6. The third kappa shape index (κ3) is 5.53. The normalized spacial score (nSPS) is 30.6. The lowest BCUT2D eigenvalue weighted by Crippen LogP contribution is -2.52. The van der Waals surface area contributed by atoms with Crippen molar-refractivity contribution in [3.63, 3.8) is 0 Å². The third-order valence-electron chi connectivity index (χ3n) is 5.16. The van der Waals surface area contributed by atoms with Gasteiger partial charge in [-0.25, -0.2) is 4.79 Å². The van der Waals surface area contributed by atoms with Crippen LogP contribution in [-0.4, -0.2) is 54.5 Å². The fourth-order valence-electron chi connectivity index (χ4n) is 3.90. The molecule has 4 unspecified atom stereocenters. The van der Waals surface area contributed by atoms with Crippen molar-refractivity contribution in [2.75, 3.05) is 19.7 Å². The van der Waals surface area contributed by atoms with Crippen molar-refractivity contribution in [1.82, 2.24) is 4.90 Å². The van der Waals surface area contributed by atoms with Crippen molar-refractivity contribution < 1.29 is 23.9 Å². The second kappa shape index (κ2) is 8.30. The Kier molecular flexibility index (Phi) is 6.60. The Bertz CT molecular complexity index is 499. The van der Waals surface area contributed by atoms with Crippen LogP contribution in [0.5, 0.6) is 0 Å². The number of ketones is 1. The summed E-state index contributed by atoms with van der Waals surface area (Å²) in [6.45, 7) is 8.76. The van der Waals surface area contributed by atoms with Gasteiger partial charge in [0.15, 0.2) is 0 Å². The van der Waals surface area contributed by atoms with Gasteiger partial charge in [0, 0.05) is 38.0 Å². The monoisotopic (exact) mass is 353 g/mol. The van der Waals surface area contributed by atoms with Crippen molar-refractivity contribution in [2.24, 2.45) is 17.8 Å². The van der Waals surface area contributed by atoms with Gasteiger partial charge in [0.1, 0.15) is 17.7 Å². The summed E-state index contributed by atoms with van der Waals surface area (Å²) in [5.74, 6) is 0.322. The van der Waals surface area contributed by atoms with E-state index in [4.69, 9.17) is 9.47 Å². The fraction of sp³-hybridized carbons (Fsp3) is 0.842. The number of ether oxygens (including phenoxy) is 2. The van der Waals surface area contributed by atoms with Crippen LogP contribution < -0.4 is 0 Å². The molecule has 25 heavy (non-hydrogen) atoms. The van der Waals surface area contributed by atoms with Gasteiger partial charge in [-0.15, -0.1) is 0 Å². The number of likely N-dealkylation sites (tertiary alicyclic amines) is 1. The molecule has 0 aromatic heterocycles. The number of nitrogens with zero attached hydrogens (tertiary/aromatic N) is 1. The molecule has 6 nitrogen and oxygen atoms in total. The molecular formula is C19H31NO5. The Labute approximate surface area is 150 Å². The van der Waals surface area contributed by atoms with E-state index in [0.717, 1.165) is 19.1 Å². The van der Waals surface area contributed by atoms with E-state index in [1.165, 1.54) is 0 Å². The quantitative estimate of drug-likeness (QED) is 0.727. The summed E-state index contributed by atoms with van der Waals surface area (Å²) < 4.78 is 11.4. The second-order valence-corrected chi connectivity index (χ2v) is 8.30. The van der Waals surface area contributed by atoms with E-state index >= 15 is 0 Å². The van der Waals surface area contributed by atoms with Crippen LogP contribution in [-0.2, 0) is 19.1 Å². The van der Waals surface area contributed by atoms with Crippen LogP contribution in [0.4, 0.5) is 4.79 Å². The summed E-state index contributed by atoms with van der Waals surface area (Å²) in [4.78, 5) is 37.1. The summed E-state index contributed by atoms with van der Waals surface area (Å²) in [6, 6.07) is 0. The molecular weight excluding hydrogens is 322 g/mol. The van der Waals surface area contributed by atoms with Crippen LogP contribution in [0.3, 0.4) is 0 Å². The maximum absolute atomic E-state index is 12.4. The number of piperidine rings is 1. The average molecular weight is 353 g/mol. The minimum absolute atomic E-state index is 0.0341. The van der Waals surface area contributed by atoms with Crippen LogP contribution in [0.25, 0.3) is 0 Å². The highest BCUT2D eigenvalue weighted by Gasteiger charge is 2.41. The standard InChI is InChI=1S/C19H31NO5/c1-13(22)15-5-8-20(18(23)25-19(2,3)4)12-16(15)17-11-14(6-9-21)7-10-24-17/h9,14-17H,5-8,10-12H2,1-4H3. The highest BCUT2D eigenvalue weighted by molar-refractivity contribution is 5.79. The first-order valence-corrected chi connectivity index (χ1v) is 9.25. The first kappa shape index (κ1) is 19.9. The van der Waals surface area contributed by atoms with Crippen molar-refractivity contribution in [1.29, 1.82) is 0 Å². The molecule has 0 aliphatic carbocycles. The summed E-state index contributed by atoms with van der Waals surface area (Å²) >= 11 is 0. The smallest absolute Gasteiger partial charge is 0.410 e. The molecule has 2 rings (SSSR count). The molecule has 0 radical (unpaired) electrons. The summed E-state index contributed by atoms with van der Waals surface area (Å²) in [5.41, 5.74) is -0.541. The summed E-state index contributed by atoms with van der Waals surface area (Å²) in [5, 5.41) is 0. The van der Waals surface area contributed by atoms with Crippen molar-refractivity contribution >= 4 is 18.2 Å². The van der Waals surface area contributed by atoms with E-state index in [2.05, 4.69) is 0 Å². The molecule has 2 heterocycles. The van der Waals surface area contributed by atoms with E-state index in [1.54, 1.807) is 11.8 Å². The number of rotatable bonds is 4. The maximum Gasteiger partial charge on any atom is 0.410 e. The highest BCUT2D eigenvalue weighted by atomic mass is 16.6. The number of hydrogen-bond acceptors (Lipinski definition) is 5. The van der Waals surface area contributed by atoms with Gasteiger partial charge in [0.05, 0.1) is 6.10 Å². The van der Waals surface area contributed by atoms with Gasteiger partial charge in [0.25, 0.3) is 0 Å². The Morgan fingerprint density at radius 2 is 2.00 bits per heavy atom. The molecule has 4 atom stereocenters. The fourth-order valence-corrected chi connectivity index (χ4v) is 3.90. The molecule has 0 saturated carbocycles. The van der Waals surface area contributed by atoms with Crippen LogP contribution in [0.1, 0.15) is 53.4 Å². The van der Waals surface area contributed by atoms with Gasteiger partial charge in [-0.05, 0) is 52.9 Å². The number of hydrogen-bond donors (Lipinski definition) is 0. The van der Waals surface area contributed by atoms with Crippen molar-refractivity contribution in [3.8, 4) is 0 Å². The molecule has 0 bridgehead atoms.